The first-order chi connectivity index (χ1) is 8.72. The van der Waals surface area contributed by atoms with Gasteiger partial charge in [0.25, 0.3) is 0 Å². The van der Waals surface area contributed by atoms with Gasteiger partial charge in [-0.15, -0.1) is 12.4 Å². The summed E-state index contributed by atoms with van der Waals surface area (Å²) in [5.41, 5.74) is 2.05. The minimum absolute atomic E-state index is 0. The summed E-state index contributed by atoms with van der Waals surface area (Å²) >= 11 is 0. The molecule has 1 N–H and O–H groups in total. The lowest BCUT2D eigenvalue weighted by Gasteiger charge is -2.23. The molecule has 19 heavy (non-hydrogen) atoms. The van der Waals surface area contributed by atoms with Crippen molar-refractivity contribution in [1.82, 2.24) is 4.90 Å². The van der Waals surface area contributed by atoms with Crippen molar-refractivity contribution in [3.63, 3.8) is 0 Å². The Labute approximate surface area is 121 Å². The van der Waals surface area contributed by atoms with Gasteiger partial charge in [0.15, 0.2) is 0 Å². The Hall–Kier alpha value is -1.06. The van der Waals surface area contributed by atoms with Crippen LogP contribution in [0, 0.1) is 6.92 Å². The van der Waals surface area contributed by atoms with Gasteiger partial charge in [-0.3, -0.25) is 9.69 Å². The van der Waals surface area contributed by atoms with Crippen molar-refractivity contribution in [2.24, 2.45) is 0 Å². The lowest BCUT2D eigenvalue weighted by Crippen LogP contribution is -2.40. The standard InChI is InChI=1S/C15H22N2O.ClH/c1-3-10-17-11-6-9-14(17)15(18)16-13-8-5-4-7-12(13)2;/h4-5,7-8,14H,3,6,9-11H2,1-2H3,(H,16,18);1H. The van der Waals surface area contributed by atoms with Crippen molar-refractivity contribution in [1.29, 1.82) is 0 Å². The van der Waals surface area contributed by atoms with Crippen LogP contribution in [0.15, 0.2) is 24.3 Å². The number of hydrogen-bond donors (Lipinski definition) is 1. The van der Waals surface area contributed by atoms with Crippen molar-refractivity contribution in [2.45, 2.75) is 39.2 Å². The number of amides is 1. The molecule has 1 aromatic rings. The van der Waals surface area contributed by atoms with E-state index in [4.69, 9.17) is 0 Å². The van der Waals surface area contributed by atoms with Crippen molar-refractivity contribution in [2.75, 3.05) is 18.4 Å². The van der Waals surface area contributed by atoms with Crippen molar-refractivity contribution in [3.05, 3.63) is 29.8 Å². The maximum absolute atomic E-state index is 12.3. The molecule has 0 radical (unpaired) electrons. The molecule has 1 aromatic carbocycles. The monoisotopic (exact) mass is 282 g/mol. The van der Waals surface area contributed by atoms with Crippen LogP contribution in [0.3, 0.4) is 0 Å². The molecule has 1 heterocycles. The highest BCUT2D eigenvalue weighted by Crippen LogP contribution is 2.20. The second-order valence-corrected chi connectivity index (χ2v) is 5.00. The molecule has 1 fully saturated rings. The molecule has 1 atom stereocenters. The molecule has 3 nitrogen and oxygen atoms in total. The number of para-hydroxylation sites is 1. The largest absolute Gasteiger partial charge is 0.324 e. The first-order valence-electron chi connectivity index (χ1n) is 6.83. The number of hydrogen-bond acceptors (Lipinski definition) is 2. The van der Waals surface area contributed by atoms with Gasteiger partial charge in [-0.2, -0.15) is 0 Å². The summed E-state index contributed by atoms with van der Waals surface area (Å²) in [6.45, 7) is 6.26. The number of aryl methyl sites for hydroxylation is 1. The van der Waals surface area contributed by atoms with Crippen molar-refractivity contribution < 1.29 is 4.79 Å². The molecule has 106 valence electrons. The molecule has 0 bridgehead atoms. The second-order valence-electron chi connectivity index (χ2n) is 5.00. The zero-order valence-corrected chi connectivity index (χ0v) is 12.5. The Morgan fingerprint density at radius 1 is 1.42 bits per heavy atom. The van der Waals surface area contributed by atoms with Crippen molar-refractivity contribution >= 4 is 24.0 Å². The van der Waals surface area contributed by atoms with Crippen LogP contribution in [0.2, 0.25) is 0 Å². The average Bonchev–Trinajstić information content (AvgIpc) is 2.81. The lowest BCUT2D eigenvalue weighted by atomic mass is 10.1. The van der Waals surface area contributed by atoms with E-state index in [1.807, 2.05) is 31.2 Å². The van der Waals surface area contributed by atoms with Crippen LogP contribution in [0.5, 0.6) is 0 Å². The molecule has 1 amide bonds. The van der Waals surface area contributed by atoms with Gasteiger partial charge in [-0.25, -0.2) is 0 Å². The Morgan fingerprint density at radius 3 is 2.84 bits per heavy atom. The summed E-state index contributed by atoms with van der Waals surface area (Å²) in [6.07, 6.45) is 3.22. The van der Waals surface area contributed by atoms with Crippen LogP contribution in [0.1, 0.15) is 31.7 Å². The fraction of sp³-hybridized carbons (Fsp3) is 0.533. The summed E-state index contributed by atoms with van der Waals surface area (Å²) in [7, 11) is 0. The third-order valence-corrected chi connectivity index (χ3v) is 3.58. The molecule has 0 aliphatic carbocycles. The highest BCUT2D eigenvalue weighted by molar-refractivity contribution is 5.95. The Kier molecular flexibility index (Phi) is 6.32. The minimum atomic E-state index is 0. The van der Waals surface area contributed by atoms with E-state index in [9.17, 15) is 4.79 Å². The predicted molar refractivity (Wildman–Crippen MR) is 81.9 cm³/mol. The number of nitrogens with one attached hydrogen (secondary N) is 1. The smallest absolute Gasteiger partial charge is 0.241 e. The summed E-state index contributed by atoms with van der Waals surface area (Å²) in [5, 5.41) is 3.06. The molecule has 0 aromatic heterocycles. The number of benzene rings is 1. The minimum Gasteiger partial charge on any atom is -0.324 e. The molecule has 1 unspecified atom stereocenters. The molecule has 1 saturated heterocycles. The maximum Gasteiger partial charge on any atom is 0.241 e. The van der Waals surface area contributed by atoms with Gasteiger partial charge in [0.2, 0.25) is 5.91 Å². The number of carbonyl (C=O) groups excluding carboxylic acids is 1. The van der Waals surface area contributed by atoms with E-state index in [0.717, 1.165) is 43.6 Å². The molecule has 1 aliphatic rings. The van der Waals surface area contributed by atoms with Crippen LogP contribution in [-0.2, 0) is 4.79 Å². The number of likely N-dealkylation sites (tertiary alicyclic amines) is 1. The Morgan fingerprint density at radius 2 is 2.16 bits per heavy atom. The van der Waals surface area contributed by atoms with Gasteiger partial charge < -0.3 is 5.32 Å². The van der Waals surface area contributed by atoms with Crippen LogP contribution >= 0.6 is 12.4 Å². The van der Waals surface area contributed by atoms with Crippen LogP contribution in [0.4, 0.5) is 5.69 Å². The Balaban J connectivity index is 0.00000180. The summed E-state index contributed by atoms with van der Waals surface area (Å²) < 4.78 is 0. The van der Waals surface area contributed by atoms with Crippen LogP contribution in [0.25, 0.3) is 0 Å². The van der Waals surface area contributed by atoms with Crippen LogP contribution < -0.4 is 5.32 Å². The van der Waals surface area contributed by atoms with Crippen LogP contribution in [-0.4, -0.2) is 29.9 Å². The first kappa shape index (κ1) is 16.0. The van der Waals surface area contributed by atoms with Gasteiger partial charge in [-0.05, 0) is 50.9 Å². The highest BCUT2D eigenvalue weighted by Gasteiger charge is 2.29. The number of anilines is 1. The SMILES string of the molecule is CCCN1CCCC1C(=O)Nc1ccccc1C.Cl. The van der Waals surface area contributed by atoms with E-state index < -0.39 is 0 Å². The lowest BCUT2D eigenvalue weighted by molar-refractivity contribution is -0.120. The molecule has 0 saturated carbocycles. The molecular formula is C15H23ClN2O. The average molecular weight is 283 g/mol. The summed E-state index contributed by atoms with van der Waals surface area (Å²) in [4.78, 5) is 14.6. The number of halogens is 1. The fourth-order valence-electron chi connectivity index (χ4n) is 2.61. The normalized spacial score (nSPS) is 18.9. The fourth-order valence-corrected chi connectivity index (χ4v) is 2.61. The van der Waals surface area contributed by atoms with E-state index in [0.29, 0.717) is 0 Å². The molecule has 4 heteroatoms. The van der Waals surface area contributed by atoms with Crippen molar-refractivity contribution in [3.8, 4) is 0 Å². The zero-order chi connectivity index (χ0) is 13.0. The van der Waals surface area contributed by atoms with E-state index in [2.05, 4.69) is 17.1 Å². The summed E-state index contributed by atoms with van der Waals surface area (Å²) in [6, 6.07) is 8.00. The van der Waals surface area contributed by atoms with E-state index in [1.54, 1.807) is 0 Å². The topological polar surface area (TPSA) is 32.3 Å². The predicted octanol–water partition coefficient (Wildman–Crippen LogP) is 3.23. The first-order valence-corrected chi connectivity index (χ1v) is 6.83. The van der Waals surface area contributed by atoms with Gasteiger partial charge in [0.05, 0.1) is 6.04 Å². The third-order valence-electron chi connectivity index (χ3n) is 3.58. The third kappa shape index (κ3) is 3.95. The zero-order valence-electron chi connectivity index (χ0n) is 11.7. The maximum atomic E-state index is 12.3. The Bertz CT molecular complexity index is 422. The van der Waals surface area contributed by atoms with E-state index in [-0.39, 0.29) is 24.4 Å². The summed E-state index contributed by atoms with van der Waals surface area (Å²) in [5.74, 6) is 0.148. The molecular weight excluding hydrogens is 260 g/mol. The van der Waals surface area contributed by atoms with E-state index >= 15 is 0 Å². The van der Waals surface area contributed by atoms with Gasteiger partial charge >= 0.3 is 0 Å². The molecule has 2 rings (SSSR count). The number of carbonyl (C=O) groups is 1. The van der Waals surface area contributed by atoms with Gasteiger partial charge in [0.1, 0.15) is 0 Å². The van der Waals surface area contributed by atoms with Gasteiger partial charge in [0, 0.05) is 5.69 Å². The van der Waals surface area contributed by atoms with Gasteiger partial charge in [-0.1, -0.05) is 25.1 Å². The number of nitrogens with zero attached hydrogens (tertiary/aromatic N) is 1. The molecule has 0 spiro atoms. The number of rotatable bonds is 4. The van der Waals surface area contributed by atoms with E-state index in [1.165, 1.54) is 0 Å². The quantitative estimate of drug-likeness (QED) is 0.920. The molecule has 1 aliphatic heterocycles. The highest BCUT2D eigenvalue weighted by atomic mass is 35.5. The second kappa shape index (κ2) is 7.51.